The normalized spacial score (nSPS) is 20.3. The zero-order chi connectivity index (χ0) is 21.0. The van der Waals surface area contributed by atoms with Gasteiger partial charge >= 0.3 is 0 Å². The maximum Gasteiger partial charge on any atom is 0.243 e. The van der Waals surface area contributed by atoms with Crippen LogP contribution in [-0.2, 0) is 26.1 Å². The fraction of sp³-hybridized carbons (Fsp3) is 0.409. The highest BCUT2D eigenvalue weighted by atomic mass is 32.2. The van der Waals surface area contributed by atoms with Crippen LogP contribution in [0.5, 0.6) is 0 Å². The Labute approximate surface area is 177 Å². The van der Waals surface area contributed by atoms with Gasteiger partial charge in [0.2, 0.25) is 15.9 Å². The molecular formula is C22H27N3O4S. The van der Waals surface area contributed by atoms with Crippen LogP contribution in [0.4, 0.5) is 5.69 Å². The summed E-state index contributed by atoms with van der Waals surface area (Å²) in [7, 11) is -3.68. The smallest absolute Gasteiger partial charge is 0.243 e. The molecule has 4 rings (SSSR count). The minimum absolute atomic E-state index is 0.225. The molecule has 0 radical (unpaired) electrons. The molecule has 2 aromatic carbocycles. The van der Waals surface area contributed by atoms with E-state index in [1.165, 1.54) is 4.31 Å². The Morgan fingerprint density at radius 2 is 1.70 bits per heavy atom. The van der Waals surface area contributed by atoms with Crippen LogP contribution < -0.4 is 10.2 Å². The maximum atomic E-state index is 12.9. The Kier molecular flexibility index (Phi) is 6.36. The summed E-state index contributed by atoms with van der Waals surface area (Å²) in [4.78, 5) is 15.3. The number of carbonyl (C=O) groups is 1. The van der Waals surface area contributed by atoms with Gasteiger partial charge in [0, 0.05) is 31.9 Å². The van der Waals surface area contributed by atoms with Crippen molar-refractivity contribution in [3.8, 4) is 0 Å². The number of sulfonamides is 1. The zero-order valence-electron chi connectivity index (χ0n) is 16.9. The van der Waals surface area contributed by atoms with Gasteiger partial charge in [-0.05, 0) is 42.7 Å². The van der Waals surface area contributed by atoms with Crippen molar-refractivity contribution in [1.82, 2.24) is 9.62 Å². The van der Waals surface area contributed by atoms with Crippen LogP contribution in [0.25, 0.3) is 0 Å². The lowest BCUT2D eigenvalue weighted by Gasteiger charge is -2.29. The first-order valence-corrected chi connectivity index (χ1v) is 11.8. The van der Waals surface area contributed by atoms with Gasteiger partial charge in [-0.3, -0.25) is 4.79 Å². The van der Waals surface area contributed by atoms with E-state index in [2.05, 4.69) is 22.3 Å². The Balaban J connectivity index is 1.37. The molecular weight excluding hydrogens is 402 g/mol. The van der Waals surface area contributed by atoms with Crippen molar-refractivity contribution < 1.29 is 17.9 Å². The summed E-state index contributed by atoms with van der Waals surface area (Å²) < 4.78 is 32.6. The number of anilines is 1. The fourth-order valence-corrected chi connectivity index (χ4v) is 5.65. The largest absolute Gasteiger partial charge is 0.378 e. The van der Waals surface area contributed by atoms with Crippen LogP contribution in [0.2, 0.25) is 0 Å². The number of ether oxygens (including phenoxy) is 1. The molecule has 7 nitrogen and oxygen atoms in total. The molecule has 0 aliphatic carbocycles. The van der Waals surface area contributed by atoms with Gasteiger partial charge < -0.3 is 15.0 Å². The number of nitrogens with one attached hydrogen (secondary N) is 1. The van der Waals surface area contributed by atoms with Gasteiger partial charge in [-0.25, -0.2) is 8.42 Å². The predicted molar refractivity (Wildman–Crippen MR) is 115 cm³/mol. The van der Waals surface area contributed by atoms with Crippen LogP contribution in [-0.4, -0.2) is 57.5 Å². The third-order valence-electron chi connectivity index (χ3n) is 5.64. The number of nitrogens with zero attached hydrogens (tertiary/aromatic N) is 2. The van der Waals surface area contributed by atoms with Gasteiger partial charge in [-0.1, -0.05) is 30.3 Å². The van der Waals surface area contributed by atoms with Crippen LogP contribution >= 0.6 is 0 Å². The van der Waals surface area contributed by atoms with E-state index in [9.17, 15) is 13.2 Å². The maximum absolute atomic E-state index is 12.9. The molecule has 30 heavy (non-hydrogen) atoms. The molecule has 8 heteroatoms. The average molecular weight is 430 g/mol. The topological polar surface area (TPSA) is 79.0 Å². The number of carbonyl (C=O) groups excluding carboxylic acids is 1. The first-order valence-electron chi connectivity index (χ1n) is 10.3. The van der Waals surface area contributed by atoms with Gasteiger partial charge in [0.25, 0.3) is 0 Å². The molecule has 1 amide bonds. The van der Waals surface area contributed by atoms with Gasteiger partial charge in [-0.15, -0.1) is 0 Å². The molecule has 2 aliphatic rings. The molecule has 0 aromatic heterocycles. The van der Waals surface area contributed by atoms with E-state index in [0.717, 1.165) is 37.6 Å². The Morgan fingerprint density at radius 1 is 1.00 bits per heavy atom. The molecule has 0 saturated carbocycles. The SMILES string of the molecule is O=C(NCc1ccc(N2CCOCC2)cc1)C1CCCN1S(=O)(=O)c1ccccc1. The highest BCUT2D eigenvalue weighted by molar-refractivity contribution is 7.89. The minimum Gasteiger partial charge on any atom is -0.378 e. The van der Waals surface area contributed by atoms with Gasteiger partial charge in [0.1, 0.15) is 6.04 Å². The number of benzene rings is 2. The van der Waals surface area contributed by atoms with E-state index in [1.807, 2.05) is 12.1 Å². The Hall–Kier alpha value is -2.42. The number of morpholine rings is 1. The highest BCUT2D eigenvalue weighted by Gasteiger charge is 2.39. The molecule has 2 fully saturated rings. The molecule has 160 valence electrons. The van der Waals surface area contributed by atoms with Crippen molar-refractivity contribution in [3.63, 3.8) is 0 Å². The summed E-state index contributed by atoms with van der Waals surface area (Å²) >= 11 is 0. The quantitative estimate of drug-likeness (QED) is 0.760. The third-order valence-corrected chi connectivity index (χ3v) is 7.56. The minimum atomic E-state index is -3.68. The average Bonchev–Trinajstić information content (AvgIpc) is 3.30. The van der Waals surface area contributed by atoms with E-state index >= 15 is 0 Å². The summed E-state index contributed by atoms with van der Waals surface area (Å²) in [6.07, 6.45) is 1.21. The molecule has 1 unspecified atom stereocenters. The predicted octanol–water partition coefficient (Wildman–Crippen LogP) is 1.99. The van der Waals surface area contributed by atoms with Gasteiger partial charge in [-0.2, -0.15) is 4.31 Å². The lowest BCUT2D eigenvalue weighted by atomic mass is 10.1. The number of rotatable bonds is 6. The van der Waals surface area contributed by atoms with Crippen LogP contribution in [0.1, 0.15) is 18.4 Å². The number of amides is 1. The Morgan fingerprint density at radius 3 is 2.40 bits per heavy atom. The van der Waals surface area contributed by atoms with Crippen molar-refractivity contribution >= 4 is 21.6 Å². The summed E-state index contributed by atoms with van der Waals surface area (Å²) in [5.74, 6) is -0.246. The second-order valence-corrected chi connectivity index (χ2v) is 9.46. The van der Waals surface area contributed by atoms with E-state index in [0.29, 0.717) is 25.9 Å². The monoisotopic (exact) mass is 429 g/mol. The molecule has 2 saturated heterocycles. The molecule has 2 heterocycles. The summed E-state index contributed by atoms with van der Waals surface area (Å²) in [6.45, 7) is 3.97. The van der Waals surface area contributed by atoms with Crippen LogP contribution in [0.15, 0.2) is 59.5 Å². The zero-order valence-corrected chi connectivity index (χ0v) is 17.7. The molecule has 0 spiro atoms. The molecule has 2 aliphatic heterocycles. The highest BCUT2D eigenvalue weighted by Crippen LogP contribution is 2.26. The van der Waals surface area contributed by atoms with Crippen molar-refractivity contribution in [3.05, 3.63) is 60.2 Å². The van der Waals surface area contributed by atoms with Gasteiger partial charge in [0.15, 0.2) is 0 Å². The molecule has 0 bridgehead atoms. The first-order chi connectivity index (χ1) is 14.6. The van der Waals surface area contributed by atoms with E-state index in [4.69, 9.17) is 4.74 Å². The van der Waals surface area contributed by atoms with Crippen LogP contribution in [0.3, 0.4) is 0 Å². The summed E-state index contributed by atoms with van der Waals surface area (Å²) in [5.41, 5.74) is 2.13. The second kappa shape index (κ2) is 9.16. The summed E-state index contributed by atoms with van der Waals surface area (Å²) in [6, 6.07) is 15.7. The second-order valence-electron chi connectivity index (χ2n) is 7.57. The number of hydrogen-bond donors (Lipinski definition) is 1. The molecule has 1 N–H and O–H groups in total. The lowest BCUT2D eigenvalue weighted by Crippen LogP contribution is -2.45. The summed E-state index contributed by atoms with van der Waals surface area (Å²) in [5, 5.41) is 2.91. The van der Waals surface area contributed by atoms with Crippen molar-refractivity contribution in [2.24, 2.45) is 0 Å². The van der Waals surface area contributed by atoms with Crippen molar-refractivity contribution in [2.45, 2.75) is 30.3 Å². The van der Waals surface area contributed by atoms with Crippen molar-refractivity contribution in [2.75, 3.05) is 37.7 Å². The van der Waals surface area contributed by atoms with E-state index in [1.54, 1.807) is 30.3 Å². The first kappa shape index (κ1) is 20.8. The number of hydrogen-bond acceptors (Lipinski definition) is 5. The van der Waals surface area contributed by atoms with E-state index < -0.39 is 16.1 Å². The third kappa shape index (κ3) is 4.50. The van der Waals surface area contributed by atoms with E-state index in [-0.39, 0.29) is 10.8 Å². The molecule has 2 aromatic rings. The van der Waals surface area contributed by atoms with Gasteiger partial charge in [0.05, 0.1) is 18.1 Å². The lowest BCUT2D eigenvalue weighted by molar-refractivity contribution is -0.124. The fourth-order valence-electron chi connectivity index (χ4n) is 3.97. The standard InChI is InChI=1S/C22H27N3O4S/c26-22(21-7-4-12-25(21)30(27,28)20-5-2-1-3-6-20)23-17-18-8-10-19(11-9-18)24-13-15-29-16-14-24/h1-3,5-6,8-11,21H,4,7,12-17H2,(H,23,26). The van der Waals surface area contributed by atoms with Crippen molar-refractivity contribution in [1.29, 1.82) is 0 Å². The van der Waals surface area contributed by atoms with Crippen LogP contribution in [0, 0.1) is 0 Å². The Bertz CT molecular complexity index is 958. The molecule has 1 atom stereocenters.